The predicted molar refractivity (Wildman–Crippen MR) is 108 cm³/mol. The fourth-order valence-electron chi connectivity index (χ4n) is 2.53. The van der Waals surface area contributed by atoms with Crippen molar-refractivity contribution < 1.29 is 9.21 Å². The van der Waals surface area contributed by atoms with Gasteiger partial charge in [-0.3, -0.25) is 4.79 Å². The molecule has 0 saturated carbocycles. The van der Waals surface area contributed by atoms with Gasteiger partial charge in [0.05, 0.1) is 12.8 Å². The number of aliphatic imine (C=N–C) groups is 1. The highest BCUT2D eigenvalue weighted by molar-refractivity contribution is 6.02. The largest absolute Gasteiger partial charge is 0.459 e. The summed E-state index contributed by atoms with van der Waals surface area (Å²) in [5.41, 5.74) is 10.9. The number of nitrogens with one attached hydrogen (secondary N) is 2. The van der Waals surface area contributed by atoms with Crippen molar-refractivity contribution in [2.45, 2.75) is 20.4 Å². The molecule has 1 aromatic heterocycles. The number of nitrogens with zero attached hydrogens (tertiary/aromatic N) is 1. The summed E-state index contributed by atoms with van der Waals surface area (Å²) in [5.74, 6) is 0.306. The molecule has 27 heavy (non-hydrogen) atoms. The Hall–Kier alpha value is -3.54. The van der Waals surface area contributed by atoms with E-state index in [1.54, 1.807) is 12.1 Å². The highest BCUT2D eigenvalue weighted by Crippen LogP contribution is 2.15. The van der Waals surface area contributed by atoms with E-state index in [1.807, 2.05) is 42.5 Å². The summed E-state index contributed by atoms with van der Waals surface area (Å²) < 4.78 is 5.09. The minimum atomic E-state index is -0.295. The molecule has 0 aliphatic rings. The number of benzene rings is 2. The van der Waals surface area contributed by atoms with Crippen molar-refractivity contribution >= 4 is 23.2 Å². The topological polar surface area (TPSA) is 92.6 Å². The number of nitrogens with two attached hydrogens (primary N) is 1. The van der Waals surface area contributed by atoms with E-state index in [0.717, 1.165) is 11.3 Å². The highest BCUT2D eigenvalue weighted by Gasteiger charge is 2.08. The van der Waals surface area contributed by atoms with Crippen LogP contribution in [0.1, 0.15) is 27.2 Å². The van der Waals surface area contributed by atoms with Crippen LogP contribution >= 0.6 is 0 Å². The van der Waals surface area contributed by atoms with Crippen molar-refractivity contribution in [2.24, 2.45) is 10.7 Å². The number of rotatable bonds is 5. The van der Waals surface area contributed by atoms with Crippen LogP contribution in [-0.4, -0.2) is 11.9 Å². The molecule has 6 heteroatoms. The average molecular weight is 362 g/mol. The van der Waals surface area contributed by atoms with E-state index in [4.69, 9.17) is 10.2 Å². The van der Waals surface area contributed by atoms with Crippen LogP contribution in [0.5, 0.6) is 0 Å². The second-order valence-corrected chi connectivity index (χ2v) is 6.26. The Morgan fingerprint density at radius 1 is 1.00 bits per heavy atom. The summed E-state index contributed by atoms with van der Waals surface area (Å²) in [5, 5.41) is 5.89. The summed E-state index contributed by atoms with van der Waals surface area (Å²) >= 11 is 0. The standard InChI is InChI=1S/C21H22N4O2/c1-14-8-9-18(11-15(14)2)25-21(22)23-13-16-5-3-6-17(12-16)24-20(26)19-7-4-10-27-19/h3-12H,13H2,1-2H3,(H,24,26)(H3,22,23,25). The number of hydrogen-bond acceptors (Lipinski definition) is 3. The molecule has 4 N–H and O–H groups in total. The molecule has 6 nitrogen and oxygen atoms in total. The van der Waals surface area contributed by atoms with Crippen molar-refractivity contribution in [1.82, 2.24) is 0 Å². The predicted octanol–water partition coefficient (Wildman–Crippen LogP) is 4.08. The van der Waals surface area contributed by atoms with Crippen LogP contribution in [0.3, 0.4) is 0 Å². The zero-order valence-corrected chi connectivity index (χ0v) is 15.3. The lowest BCUT2D eigenvalue weighted by Gasteiger charge is -2.09. The molecular weight excluding hydrogens is 340 g/mol. The number of guanidine groups is 1. The minimum Gasteiger partial charge on any atom is -0.459 e. The van der Waals surface area contributed by atoms with E-state index in [2.05, 4.69) is 29.5 Å². The highest BCUT2D eigenvalue weighted by atomic mass is 16.3. The monoisotopic (exact) mass is 362 g/mol. The maximum absolute atomic E-state index is 12.0. The quantitative estimate of drug-likeness (QED) is 0.471. The molecule has 1 amide bonds. The lowest BCUT2D eigenvalue weighted by Crippen LogP contribution is -2.22. The Bertz CT molecular complexity index is 962. The number of anilines is 2. The number of carbonyl (C=O) groups is 1. The minimum absolute atomic E-state index is 0.264. The lowest BCUT2D eigenvalue weighted by molar-refractivity contribution is 0.0996. The van der Waals surface area contributed by atoms with Gasteiger partial charge in [0, 0.05) is 11.4 Å². The maximum Gasteiger partial charge on any atom is 0.291 e. The van der Waals surface area contributed by atoms with E-state index in [9.17, 15) is 4.79 Å². The van der Waals surface area contributed by atoms with Gasteiger partial charge >= 0.3 is 0 Å². The smallest absolute Gasteiger partial charge is 0.291 e. The van der Waals surface area contributed by atoms with E-state index in [-0.39, 0.29) is 11.7 Å². The van der Waals surface area contributed by atoms with Crippen LogP contribution in [0.15, 0.2) is 70.3 Å². The Balaban J connectivity index is 1.62. The Kier molecular flexibility index (Phi) is 5.56. The fraction of sp³-hybridized carbons (Fsp3) is 0.143. The molecule has 138 valence electrons. The van der Waals surface area contributed by atoms with Crippen molar-refractivity contribution in [3.63, 3.8) is 0 Å². The molecule has 0 fully saturated rings. The molecule has 1 heterocycles. The van der Waals surface area contributed by atoms with E-state index >= 15 is 0 Å². The van der Waals surface area contributed by atoms with E-state index in [1.165, 1.54) is 17.4 Å². The van der Waals surface area contributed by atoms with Gasteiger partial charge in [0.1, 0.15) is 0 Å². The SMILES string of the molecule is Cc1ccc(NC(N)=NCc2cccc(NC(=O)c3ccco3)c2)cc1C. The third-order valence-corrected chi connectivity index (χ3v) is 4.14. The summed E-state index contributed by atoms with van der Waals surface area (Å²) in [6.07, 6.45) is 1.46. The first-order chi connectivity index (χ1) is 13.0. The van der Waals surface area contributed by atoms with Crippen LogP contribution in [-0.2, 0) is 6.54 Å². The van der Waals surface area contributed by atoms with Crippen molar-refractivity contribution in [3.8, 4) is 0 Å². The van der Waals surface area contributed by atoms with Gasteiger partial charge in [-0.15, -0.1) is 0 Å². The van der Waals surface area contributed by atoms with Crippen LogP contribution in [0.25, 0.3) is 0 Å². The van der Waals surface area contributed by atoms with Gasteiger partial charge in [0.25, 0.3) is 5.91 Å². The average Bonchev–Trinajstić information content (AvgIpc) is 3.18. The van der Waals surface area contributed by atoms with E-state index in [0.29, 0.717) is 18.2 Å². The molecular formula is C21H22N4O2. The number of furan rings is 1. The summed E-state index contributed by atoms with van der Waals surface area (Å²) in [6, 6.07) is 16.8. The van der Waals surface area contributed by atoms with Gasteiger partial charge in [-0.25, -0.2) is 4.99 Å². The molecule has 0 bridgehead atoms. The molecule has 0 spiro atoms. The second kappa shape index (κ2) is 8.23. The van der Waals surface area contributed by atoms with Gasteiger partial charge in [-0.1, -0.05) is 18.2 Å². The first-order valence-corrected chi connectivity index (χ1v) is 8.59. The van der Waals surface area contributed by atoms with Crippen molar-refractivity contribution in [1.29, 1.82) is 0 Å². The van der Waals surface area contributed by atoms with Gasteiger partial charge in [0.15, 0.2) is 11.7 Å². The number of hydrogen-bond donors (Lipinski definition) is 3. The van der Waals surface area contributed by atoms with Gasteiger partial charge in [-0.05, 0) is 66.9 Å². The fourth-order valence-corrected chi connectivity index (χ4v) is 2.53. The van der Waals surface area contributed by atoms with Crippen LogP contribution in [0.4, 0.5) is 11.4 Å². The molecule has 2 aromatic carbocycles. The number of amides is 1. The third kappa shape index (κ3) is 4.98. The molecule has 0 unspecified atom stereocenters. The molecule has 0 atom stereocenters. The van der Waals surface area contributed by atoms with E-state index < -0.39 is 0 Å². The van der Waals surface area contributed by atoms with Crippen molar-refractivity contribution in [3.05, 3.63) is 83.3 Å². The molecule has 0 radical (unpaired) electrons. The van der Waals surface area contributed by atoms with Gasteiger partial charge < -0.3 is 20.8 Å². The third-order valence-electron chi connectivity index (χ3n) is 4.14. The Morgan fingerprint density at radius 2 is 1.81 bits per heavy atom. The molecule has 3 aromatic rings. The normalized spacial score (nSPS) is 11.3. The zero-order valence-electron chi connectivity index (χ0n) is 15.3. The summed E-state index contributed by atoms with van der Waals surface area (Å²) in [7, 11) is 0. The molecule has 0 saturated heterocycles. The number of carbonyl (C=O) groups excluding carboxylic acids is 1. The van der Waals surface area contributed by atoms with Crippen molar-refractivity contribution in [2.75, 3.05) is 10.6 Å². The molecule has 3 rings (SSSR count). The maximum atomic E-state index is 12.0. The molecule has 0 aliphatic carbocycles. The number of aryl methyl sites for hydroxylation is 2. The lowest BCUT2D eigenvalue weighted by atomic mass is 10.1. The van der Waals surface area contributed by atoms with Gasteiger partial charge in [-0.2, -0.15) is 0 Å². The summed E-state index contributed by atoms with van der Waals surface area (Å²) in [6.45, 7) is 4.51. The Labute approximate surface area is 158 Å². The molecule has 0 aliphatic heterocycles. The second-order valence-electron chi connectivity index (χ2n) is 6.26. The van der Waals surface area contributed by atoms with Crippen LogP contribution in [0, 0.1) is 13.8 Å². The van der Waals surface area contributed by atoms with Gasteiger partial charge in [0.2, 0.25) is 0 Å². The van der Waals surface area contributed by atoms with Crippen LogP contribution < -0.4 is 16.4 Å². The Morgan fingerprint density at radius 3 is 2.56 bits per heavy atom. The first kappa shape index (κ1) is 18.3. The summed E-state index contributed by atoms with van der Waals surface area (Å²) in [4.78, 5) is 16.4. The zero-order chi connectivity index (χ0) is 19.2. The first-order valence-electron chi connectivity index (χ1n) is 8.59. The van der Waals surface area contributed by atoms with Crippen LogP contribution in [0.2, 0.25) is 0 Å².